The molecule has 1 aliphatic rings. The Morgan fingerprint density at radius 1 is 0.688 bits per heavy atom. The molecule has 6 heteroatoms. The van der Waals surface area contributed by atoms with Gasteiger partial charge in [-0.1, -0.05) is 13.8 Å². The van der Waals surface area contributed by atoms with E-state index >= 15 is 0 Å². The molecule has 0 N–H and O–H groups in total. The first-order valence-electron chi connectivity index (χ1n) is 5.17. The molecule has 0 bridgehead atoms. The van der Waals surface area contributed by atoms with Crippen LogP contribution in [-0.2, 0) is 0 Å². The molecule has 0 radical (unpaired) electrons. The highest BCUT2D eigenvalue weighted by molar-refractivity contribution is 4.89. The van der Waals surface area contributed by atoms with E-state index in [1.807, 2.05) is 0 Å². The van der Waals surface area contributed by atoms with Crippen LogP contribution in [-0.4, -0.2) is 12.4 Å². The van der Waals surface area contributed by atoms with E-state index in [0.29, 0.717) is 0 Å². The fourth-order valence-electron chi connectivity index (χ4n) is 2.32. The van der Waals surface area contributed by atoms with Gasteiger partial charge in [-0.3, -0.25) is 0 Å². The maximum atomic E-state index is 12.5. The Labute approximate surface area is 90.0 Å². The molecule has 0 aliphatic heterocycles. The highest BCUT2D eigenvalue weighted by Crippen LogP contribution is 2.51. The van der Waals surface area contributed by atoms with Gasteiger partial charge in [-0.15, -0.1) is 0 Å². The van der Waals surface area contributed by atoms with Crippen LogP contribution in [0.5, 0.6) is 0 Å². The van der Waals surface area contributed by atoms with Gasteiger partial charge >= 0.3 is 12.4 Å². The Hall–Kier alpha value is -0.420. The fourth-order valence-corrected chi connectivity index (χ4v) is 2.32. The van der Waals surface area contributed by atoms with E-state index < -0.39 is 37.0 Å². The van der Waals surface area contributed by atoms with Gasteiger partial charge in [0.1, 0.15) is 0 Å². The van der Waals surface area contributed by atoms with E-state index in [0.717, 1.165) is 0 Å². The first-order chi connectivity index (χ1) is 7.03. The molecule has 0 heterocycles. The molecular formula is C10H14F6. The molecule has 0 aromatic carbocycles. The zero-order valence-corrected chi connectivity index (χ0v) is 8.99. The Bertz CT molecular complexity index is 215. The number of alkyl halides is 6. The van der Waals surface area contributed by atoms with Gasteiger partial charge < -0.3 is 0 Å². The lowest BCUT2D eigenvalue weighted by molar-refractivity contribution is -0.270. The van der Waals surface area contributed by atoms with Crippen molar-refractivity contribution >= 4 is 0 Å². The minimum absolute atomic E-state index is 0.315. The lowest BCUT2D eigenvalue weighted by atomic mass is 9.69. The summed E-state index contributed by atoms with van der Waals surface area (Å²) < 4.78 is 75.1. The number of rotatable bonds is 0. The van der Waals surface area contributed by atoms with Crippen LogP contribution >= 0.6 is 0 Å². The molecule has 2 unspecified atom stereocenters. The van der Waals surface area contributed by atoms with Gasteiger partial charge in [0, 0.05) is 0 Å². The van der Waals surface area contributed by atoms with Crippen LogP contribution in [0.4, 0.5) is 26.3 Å². The van der Waals surface area contributed by atoms with Crippen LogP contribution in [0.15, 0.2) is 0 Å². The third-order valence-electron chi connectivity index (χ3n) is 3.55. The molecule has 0 aromatic rings. The van der Waals surface area contributed by atoms with Gasteiger partial charge in [-0.05, 0) is 24.7 Å². The van der Waals surface area contributed by atoms with E-state index in [9.17, 15) is 26.3 Å². The summed E-state index contributed by atoms with van der Waals surface area (Å²) in [5.74, 6) is -5.10. The molecule has 0 aromatic heterocycles. The molecule has 4 atom stereocenters. The van der Waals surface area contributed by atoms with E-state index in [1.54, 1.807) is 13.8 Å². The average Bonchev–Trinajstić information content (AvgIpc) is 2.05. The fraction of sp³-hybridized carbons (Fsp3) is 1.00. The molecule has 1 aliphatic carbocycles. The molecule has 16 heavy (non-hydrogen) atoms. The topological polar surface area (TPSA) is 0 Å². The zero-order chi connectivity index (χ0) is 12.7. The smallest absolute Gasteiger partial charge is 0.171 e. The molecule has 0 spiro atoms. The summed E-state index contributed by atoms with van der Waals surface area (Å²) in [6, 6.07) is 0. The second-order valence-electron chi connectivity index (χ2n) is 4.72. The predicted octanol–water partition coefficient (Wildman–Crippen LogP) is 4.41. The van der Waals surface area contributed by atoms with Crippen LogP contribution in [0.2, 0.25) is 0 Å². The van der Waals surface area contributed by atoms with Gasteiger partial charge in [-0.25, -0.2) is 0 Å². The van der Waals surface area contributed by atoms with E-state index in [1.165, 1.54) is 0 Å². The van der Waals surface area contributed by atoms with Gasteiger partial charge in [0.15, 0.2) is 0 Å². The van der Waals surface area contributed by atoms with Crippen molar-refractivity contribution in [3.05, 3.63) is 0 Å². The van der Waals surface area contributed by atoms with Crippen molar-refractivity contribution in [3.8, 4) is 0 Å². The quantitative estimate of drug-likeness (QED) is 0.557. The van der Waals surface area contributed by atoms with Gasteiger partial charge in [0.2, 0.25) is 0 Å². The summed E-state index contributed by atoms with van der Waals surface area (Å²) >= 11 is 0. The summed E-state index contributed by atoms with van der Waals surface area (Å²) in [7, 11) is 0. The van der Waals surface area contributed by atoms with Gasteiger partial charge in [0.05, 0.1) is 11.8 Å². The number of halogens is 6. The average molecular weight is 248 g/mol. The molecule has 1 rings (SSSR count). The lowest BCUT2D eigenvalue weighted by Gasteiger charge is -2.40. The highest BCUT2D eigenvalue weighted by Gasteiger charge is 2.57. The normalized spacial score (nSPS) is 37.5. The first-order valence-corrected chi connectivity index (χ1v) is 5.17. The van der Waals surface area contributed by atoms with Crippen LogP contribution < -0.4 is 0 Å². The van der Waals surface area contributed by atoms with Gasteiger partial charge in [0.25, 0.3) is 0 Å². The Balaban J connectivity index is 2.93. The summed E-state index contributed by atoms with van der Waals surface area (Å²) in [4.78, 5) is 0. The minimum atomic E-state index is -4.76. The summed E-state index contributed by atoms with van der Waals surface area (Å²) in [5.41, 5.74) is 0. The predicted molar refractivity (Wildman–Crippen MR) is 46.7 cm³/mol. The Morgan fingerprint density at radius 3 is 1.12 bits per heavy atom. The SMILES string of the molecule is C[C@@H]1CC(C(F)(F)F)C(C(F)(F)F)C[C@@H]1C. The summed E-state index contributed by atoms with van der Waals surface area (Å²) in [6.45, 7) is 3.16. The van der Waals surface area contributed by atoms with Crippen molar-refractivity contribution < 1.29 is 26.3 Å². The Kier molecular flexibility index (Phi) is 3.50. The van der Waals surface area contributed by atoms with Crippen molar-refractivity contribution in [2.45, 2.75) is 39.0 Å². The van der Waals surface area contributed by atoms with E-state index in [-0.39, 0.29) is 11.8 Å². The maximum absolute atomic E-state index is 12.5. The third-order valence-corrected chi connectivity index (χ3v) is 3.55. The molecule has 0 amide bonds. The van der Waals surface area contributed by atoms with Gasteiger partial charge in [-0.2, -0.15) is 26.3 Å². The van der Waals surface area contributed by atoms with Crippen molar-refractivity contribution in [1.82, 2.24) is 0 Å². The van der Waals surface area contributed by atoms with Crippen molar-refractivity contribution in [3.63, 3.8) is 0 Å². The highest BCUT2D eigenvalue weighted by atomic mass is 19.4. The van der Waals surface area contributed by atoms with Crippen LogP contribution in [0, 0.1) is 23.7 Å². The third kappa shape index (κ3) is 2.83. The summed E-state index contributed by atoms with van der Waals surface area (Å²) in [6.07, 6.45) is -10.4. The molecule has 96 valence electrons. The second-order valence-corrected chi connectivity index (χ2v) is 4.72. The standard InChI is InChI=1S/C10H14F6/c1-5-3-7(9(11,12)13)8(4-6(5)2)10(14,15)16/h5-8H,3-4H2,1-2H3/t5-,6+,7?,8?. The summed E-state index contributed by atoms with van der Waals surface area (Å²) in [5, 5.41) is 0. The lowest BCUT2D eigenvalue weighted by Crippen LogP contribution is -2.44. The molecular weight excluding hydrogens is 234 g/mol. The number of hydrogen-bond donors (Lipinski definition) is 0. The van der Waals surface area contributed by atoms with Crippen LogP contribution in [0.3, 0.4) is 0 Å². The van der Waals surface area contributed by atoms with E-state index in [2.05, 4.69) is 0 Å². The van der Waals surface area contributed by atoms with Crippen molar-refractivity contribution in [2.75, 3.05) is 0 Å². The van der Waals surface area contributed by atoms with E-state index in [4.69, 9.17) is 0 Å². The number of hydrogen-bond acceptors (Lipinski definition) is 0. The Morgan fingerprint density at radius 2 is 0.938 bits per heavy atom. The largest absolute Gasteiger partial charge is 0.392 e. The van der Waals surface area contributed by atoms with Crippen molar-refractivity contribution in [2.24, 2.45) is 23.7 Å². The maximum Gasteiger partial charge on any atom is 0.392 e. The molecule has 1 fully saturated rings. The molecule has 0 saturated heterocycles. The second kappa shape index (κ2) is 4.11. The minimum Gasteiger partial charge on any atom is -0.171 e. The van der Waals surface area contributed by atoms with Crippen molar-refractivity contribution in [1.29, 1.82) is 0 Å². The first kappa shape index (κ1) is 13.6. The zero-order valence-electron chi connectivity index (χ0n) is 8.99. The molecule has 1 saturated carbocycles. The van der Waals surface area contributed by atoms with Crippen LogP contribution in [0.25, 0.3) is 0 Å². The van der Waals surface area contributed by atoms with Crippen LogP contribution in [0.1, 0.15) is 26.7 Å². The monoisotopic (exact) mass is 248 g/mol. The molecule has 0 nitrogen and oxygen atoms in total.